The Morgan fingerprint density at radius 1 is 0.440 bits per heavy atom. The van der Waals surface area contributed by atoms with Crippen LogP contribution in [0.25, 0.3) is 0 Å². The molecule has 24 nitrogen and oxygen atoms in total. The number of nitrogens with one attached hydrogen (secondary N) is 6. The third-order valence-corrected chi connectivity index (χ3v) is 14.3. The molecule has 0 spiro atoms. The van der Waals surface area contributed by atoms with E-state index in [1.54, 1.807) is 0 Å². The van der Waals surface area contributed by atoms with Crippen molar-refractivity contribution < 1.29 is 72.5 Å². The molecule has 0 bridgehead atoms. The molecule has 3 atom stereocenters. The molecule has 0 fully saturated rings. The number of carbonyl (C=O) groups is 6. The van der Waals surface area contributed by atoms with Crippen LogP contribution in [0.15, 0.2) is 0 Å². The highest BCUT2D eigenvalue weighted by Gasteiger charge is 2.34. The second-order valence-corrected chi connectivity index (χ2v) is 21.7. The van der Waals surface area contributed by atoms with Crippen LogP contribution in [0.5, 0.6) is 0 Å². The smallest absolute Gasteiger partial charge is 0.407 e. The summed E-state index contributed by atoms with van der Waals surface area (Å²) in [6.07, 6.45) is -2.88. The Hall–Kier alpha value is -3.09. The van der Waals surface area contributed by atoms with Crippen LogP contribution in [-0.4, -0.2) is 280 Å². The number of alkyl carbamates (subject to hydrolysis) is 3. The normalized spacial score (nSPS) is 13.4. The van der Waals surface area contributed by atoms with E-state index in [0.29, 0.717) is 99.5 Å². The summed E-state index contributed by atoms with van der Waals surface area (Å²) < 4.78 is 32.3. The van der Waals surface area contributed by atoms with Crippen LogP contribution >= 0.6 is 35.3 Å². The lowest BCUT2D eigenvalue weighted by atomic mass is 9.88. The van der Waals surface area contributed by atoms with E-state index in [4.69, 9.17) is 28.4 Å². The van der Waals surface area contributed by atoms with Crippen LogP contribution in [0, 0.1) is 5.41 Å². The summed E-state index contributed by atoms with van der Waals surface area (Å²) in [7, 11) is 11.5. The van der Waals surface area contributed by atoms with Crippen LogP contribution in [-0.2, 0) is 42.8 Å². The second-order valence-electron chi connectivity index (χ2n) is 18.0. The highest BCUT2D eigenvalue weighted by molar-refractivity contribution is 7.99. The molecule has 0 aromatic heterocycles. The number of rotatable bonds is 49. The molecule has 0 saturated heterocycles. The van der Waals surface area contributed by atoms with Gasteiger partial charge in [0.05, 0.1) is 43.0 Å². The van der Waals surface area contributed by atoms with Crippen molar-refractivity contribution in [2.24, 2.45) is 5.41 Å². The highest BCUT2D eigenvalue weighted by atomic mass is 32.2. The van der Waals surface area contributed by atoms with E-state index in [2.05, 4.69) is 46.6 Å². The van der Waals surface area contributed by atoms with Gasteiger partial charge in [0.1, 0.15) is 39.6 Å². The first-order valence-electron chi connectivity index (χ1n) is 25.9. The monoisotopic (exact) mass is 1130 g/mol. The molecule has 0 aliphatic carbocycles. The van der Waals surface area contributed by atoms with Crippen molar-refractivity contribution in [3.8, 4) is 0 Å². The van der Waals surface area contributed by atoms with Crippen molar-refractivity contribution >= 4 is 71.5 Å². The van der Waals surface area contributed by atoms with Gasteiger partial charge in [-0.1, -0.05) is 6.92 Å². The number of ether oxygens (including phenoxy) is 6. The first-order chi connectivity index (χ1) is 36.0. The number of amides is 3. The predicted molar refractivity (Wildman–Crippen MR) is 296 cm³/mol. The minimum Gasteiger partial charge on any atom is -0.465 e. The van der Waals surface area contributed by atoms with E-state index in [0.717, 1.165) is 39.3 Å². The lowest BCUT2D eigenvalue weighted by Crippen LogP contribution is -2.39. The van der Waals surface area contributed by atoms with E-state index >= 15 is 0 Å². The Morgan fingerprint density at radius 3 is 0.960 bits per heavy atom. The Labute approximate surface area is 459 Å². The minimum atomic E-state index is -1.04. The average Bonchev–Trinajstić information content (AvgIpc) is 3.38. The number of carbonyl (C=O) groups excluding carboxylic acids is 6. The van der Waals surface area contributed by atoms with E-state index in [9.17, 15) is 44.1 Å². The van der Waals surface area contributed by atoms with Crippen molar-refractivity contribution in [2.45, 2.75) is 70.2 Å². The van der Waals surface area contributed by atoms with Gasteiger partial charge in [0.2, 0.25) is 0 Å². The maximum atomic E-state index is 12.9. The maximum Gasteiger partial charge on any atom is 0.407 e. The zero-order valence-electron chi connectivity index (χ0n) is 46.0. The SMILES string of the molecule is CCC(COC(=O)CCSCCC(O)COC(=O)NCCN(C)CCNC)(COC(=O)CCSCCC(O)COC(=O)NCCN(C)CCNC)COC(=O)CCSCCC(O)COC(=O)NCCN(C)CCNC. The van der Waals surface area contributed by atoms with Crippen LogP contribution < -0.4 is 31.9 Å². The van der Waals surface area contributed by atoms with Crippen LogP contribution in [0.4, 0.5) is 14.4 Å². The molecule has 0 heterocycles. The molecular formula is C48H95N9O15S3. The number of aliphatic hydroxyl groups excluding tert-OH is 3. The van der Waals surface area contributed by atoms with Crippen molar-refractivity contribution in [1.82, 2.24) is 46.6 Å². The maximum absolute atomic E-state index is 12.9. The van der Waals surface area contributed by atoms with Gasteiger partial charge >= 0.3 is 36.2 Å². The molecule has 440 valence electrons. The van der Waals surface area contributed by atoms with Crippen molar-refractivity contribution in [2.75, 3.05) is 195 Å². The van der Waals surface area contributed by atoms with E-state index in [-0.39, 0.29) is 58.9 Å². The van der Waals surface area contributed by atoms with Crippen molar-refractivity contribution in [3.05, 3.63) is 0 Å². The molecule has 3 amide bonds. The predicted octanol–water partition coefficient (Wildman–Crippen LogP) is 0.267. The summed E-state index contributed by atoms with van der Waals surface area (Å²) in [5, 5.41) is 48.0. The van der Waals surface area contributed by atoms with Gasteiger partial charge in [-0.3, -0.25) is 14.4 Å². The van der Waals surface area contributed by atoms with Crippen LogP contribution in [0.2, 0.25) is 0 Å². The van der Waals surface area contributed by atoms with Gasteiger partial charge in [-0.25, -0.2) is 14.4 Å². The topological polar surface area (TPSA) is 300 Å². The number of nitrogens with zero attached hydrogens (tertiary/aromatic N) is 3. The summed E-state index contributed by atoms with van der Waals surface area (Å²) in [4.78, 5) is 80.9. The fraction of sp³-hybridized carbons (Fsp3) is 0.875. The molecule has 0 radical (unpaired) electrons. The zero-order chi connectivity index (χ0) is 56.0. The first-order valence-corrected chi connectivity index (χ1v) is 29.4. The highest BCUT2D eigenvalue weighted by Crippen LogP contribution is 2.26. The van der Waals surface area contributed by atoms with Gasteiger partial charge in [-0.2, -0.15) is 35.3 Å². The first kappa shape index (κ1) is 71.9. The van der Waals surface area contributed by atoms with Gasteiger partial charge in [0, 0.05) is 95.8 Å². The van der Waals surface area contributed by atoms with Gasteiger partial charge < -0.3 is 90.3 Å². The second kappa shape index (κ2) is 48.1. The summed E-state index contributed by atoms with van der Waals surface area (Å²) in [6.45, 7) is 8.99. The standard InChI is InChI=1S/C48H95N9O15S3/c1-8-48(36-70-42(61)12-30-73-27-9-39(58)33-67-45(64)52-18-24-55(5)21-15-49-2,37-71-43(62)13-31-74-28-10-40(59)34-68-46(65)53-19-25-56(6)22-16-50-3)38-72-44(63)14-32-75-29-11-41(60)35-69-47(66)54-20-26-57(7)23-17-51-4/h39-41,49-51,58-60H,8-38H2,1-7H3,(H,52,64)(H,53,65)(H,54,66). The quantitative estimate of drug-likeness (QED) is 0.0224. The largest absolute Gasteiger partial charge is 0.465 e. The molecule has 75 heavy (non-hydrogen) atoms. The molecule has 0 saturated carbocycles. The Morgan fingerprint density at radius 2 is 0.707 bits per heavy atom. The Balaban J connectivity index is 4.95. The Kier molecular flexibility index (Phi) is 46.1. The third kappa shape index (κ3) is 44.6. The molecule has 27 heteroatoms. The fourth-order valence-electron chi connectivity index (χ4n) is 5.99. The number of thioether (sulfide) groups is 3. The summed E-state index contributed by atoms with van der Waals surface area (Å²) >= 11 is 4.29. The number of esters is 3. The van der Waals surface area contributed by atoms with E-state index < -0.39 is 59.9 Å². The summed E-state index contributed by atoms with van der Waals surface area (Å²) in [6, 6.07) is 0. The number of likely N-dealkylation sites (N-methyl/N-ethyl adjacent to an activating group) is 6. The van der Waals surface area contributed by atoms with Gasteiger partial charge in [-0.05, 0) is 85.2 Å². The van der Waals surface area contributed by atoms with Gasteiger partial charge in [-0.15, -0.1) is 0 Å². The molecule has 0 aromatic rings. The van der Waals surface area contributed by atoms with Crippen LogP contribution in [0.1, 0.15) is 51.9 Å². The molecule has 0 aromatic carbocycles. The lowest BCUT2D eigenvalue weighted by molar-refractivity contribution is -0.161. The lowest BCUT2D eigenvalue weighted by Gasteiger charge is -2.31. The molecular weight excluding hydrogens is 1040 g/mol. The fourth-order valence-corrected chi connectivity index (χ4v) is 8.85. The minimum absolute atomic E-state index is 0.0583. The number of hydrogen-bond acceptors (Lipinski definition) is 24. The summed E-state index contributed by atoms with van der Waals surface area (Å²) in [5.74, 6) is 1.20. The van der Waals surface area contributed by atoms with E-state index in [1.165, 1.54) is 35.3 Å². The van der Waals surface area contributed by atoms with Crippen LogP contribution in [0.3, 0.4) is 0 Å². The average molecular weight is 1130 g/mol. The molecule has 0 rings (SSSR count). The zero-order valence-corrected chi connectivity index (χ0v) is 48.4. The Bertz CT molecular complexity index is 1340. The molecule has 9 N–H and O–H groups in total. The number of aliphatic hydroxyl groups is 3. The van der Waals surface area contributed by atoms with Gasteiger partial charge in [0.15, 0.2) is 0 Å². The van der Waals surface area contributed by atoms with Crippen molar-refractivity contribution in [1.29, 1.82) is 0 Å². The van der Waals surface area contributed by atoms with Crippen molar-refractivity contribution in [3.63, 3.8) is 0 Å². The third-order valence-electron chi connectivity index (χ3n) is 11.2. The van der Waals surface area contributed by atoms with E-state index in [1.807, 2.05) is 49.2 Å². The molecule has 3 unspecified atom stereocenters. The molecule has 0 aliphatic rings. The van der Waals surface area contributed by atoms with Gasteiger partial charge in [0.25, 0.3) is 0 Å². The molecule has 0 aliphatic heterocycles. The number of hydrogen-bond donors (Lipinski definition) is 9. The summed E-state index contributed by atoms with van der Waals surface area (Å²) in [5.41, 5.74) is -1.04.